The van der Waals surface area contributed by atoms with Crippen LogP contribution in [-0.4, -0.2) is 0 Å². The van der Waals surface area contributed by atoms with Gasteiger partial charge in [-0.1, -0.05) is 167 Å². The molecule has 0 heterocycles. The fourth-order valence-electron chi connectivity index (χ4n) is 8.73. The van der Waals surface area contributed by atoms with E-state index in [0.717, 1.165) is 5.69 Å². The highest BCUT2D eigenvalue weighted by Gasteiger charge is 2.46. The average molecular weight is 630 g/mol. The molecular formula is C48H39N. The Labute approximate surface area is 290 Å². The Bertz CT molecular complexity index is 2280. The predicted octanol–water partition coefficient (Wildman–Crippen LogP) is 13.1. The molecule has 0 aliphatic heterocycles. The van der Waals surface area contributed by atoms with Crippen LogP contribution in [0.1, 0.15) is 49.9 Å². The Balaban J connectivity index is 1.41. The molecule has 0 saturated carbocycles. The SMILES string of the molecule is CC1(C)c2ccccc2-c2cc3c(c(N(c4ccc(-c5ccccc5)cc4)c4ccccc4-c4ccccc4)c21)C(C)(C)c1ccccc1-3. The van der Waals surface area contributed by atoms with Gasteiger partial charge in [-0.15, -0.1) is 0 Å². The van der Waals surface area contributed by atoms with E-state index in [0.29, 0.717) is 0 Å². The fraction of sp³-hybridized carbons (Fsp3) is 0.125. The van der Waals surface area contributed by atoms with E-state index in [9.17, 15) is 0 Å². The summed E-state index contributed by atoms with van der Waals surface area (Å²) in [5.41, 5.74) is 18.9. The maximum absolute atomic E-state index is 2.59. The molecule has 2 aliphatic rings. The van der Waals surface area contributed by atoms with Gasteiger partial charge < -0.3 is 4.90 Å². The monoisotopic (exact) mass is 629 g/mol. The molecule has 49 heavy (non-hydrogen) atoms. The van der Waals surface area contributed by atoms with Crippen molar-refractivity contribution >= 4 is 17.1 Å². The predicted molar refractivity (Wildman–Crippen MR) is 207 cm³/mol. The van der Waals surface area contributed by atoms with E-state index >= 15 is 0 Å². The number of fused-ring (bicyclic) bond motifs is 6. The number of anilines is 3. The van der Waals surface area contributed by atoms with Gasteiger partial charge in [-0.05, 0) is 85.5 Å². The first-order valence-corrected chi connectivity index (χ1v) is 17.4. The van der Waals surface area contributed by atoms with Gasteiger partial charge in [0.2, 0.25) is 0 Å². The van der Waals surface area contributed by atoms with Gasteiger partial charge in [0.1, 0.15) is 0 Å². The van der Waals surface area contributed by atoms with Crippen LogP contribution in [0.3, 0.4) is 0 Å². The zero-order valence-electron chi connectivity index (χ0n) is 28.5. The van der Waals surface area contributed by atoms with Gasteiger partial charge in [0.25, 0.3) is 0 Å². The second kappa shape index (κ2) is 10.9. The van der Waals surface area contributed by atoms with E-state index in [1.807, 2.05) is 0 Å². The van der Waals surface area contributed by atoms with E-state index < -0.39 is 0 Å². The maximum atomic E-state index is 2.59. The van der Waals surface area contributed by atoms with Gasteiger partial charge in [0, 0.05) is 22.1 Å². The summed E-state index contributed by atoms with van der Waals surface area (Å²) in [7, 11) is 0. The number of rotatable bonds is 5. The van der Waals surface area contributed by atoms with Crippen LogP contribution in [0.15, 0.2) is 164 Å². The van der Waals surface area contributed by atoms with E-state index in [2.05, 4.69) is 196 Å². The number of hydrogen-bond acceptors (Lipinski definition) is 1. The molecule has 0 unspecified atom stereocenters. The first kappa shape index (κ1) is 29.5. The highest BCUT2D eigenvalue weighted by atomic mass is 15.2. The third kappa shape index (κ3) is 4.39. The lowest BCUT2D eigenvalue weighted by Crippen LogP contribution is -2.26. The van der Waals surface area contributed by atoms with Crippen molar-refractivity contribution in [2.75, 3.05) is 4.90 Å². The Hall–Kier alpha value is -5.66. The Morgan fingerprint density at radius 2 is 0.796 bits per heavy atom. The lowest BCUT2D eigenvalue weighted by atomic mass is 9.75. The molecule has 1 nitrogen and oxygen atoms in total. The third-order valence-corrected chi connectivity index (χ3v) is 11.0. The largest absolute Gasteiger partial charge is 0.309 e. The standard InChI is InChI=1S/C48H39N/c1-47(2)41-24-14-11-22-37(41)39-31-40-38-23-12-15-25-42(38)48(3,4)45(40)46(44(39)47)49(35-29-27-33(28-30-35)32-17-7-5-8-18-32)43-26-16-13-21-36(43)34-19-9-6-10-20-34/h5-31H,1-4H3. The summed E-state index contributed by atoms with van der Waals surface area (Å²) in [6, 6.07) is 60.3. The van der Waals surface area contributed by atoms with E-state index in [1.165, 1.54) is 78.1 Å². The summed E-state index contributed by atoms with van der Waals surface area (Å²) in [5.74, 6) is 0. The van der Waals surface area contributed by atoms with Gasteiger partial charge >= 0.3 is 0 Å². The van der Waals surface area contributed by atoms with Gasteiger partial charge in [-0.3, -0.25) is 0 Å². The molecule has 0 radical (unpaired) electrons. The molecule has 0 bridgehead atoms. The molecule has 1 heteroatoms. The zero-order valence-corrected chi connectivity index (χ0v) is 28.5. The van der Waals surface area contributed by atoms with Gasteiger partial charge in [-0.25, -0.2) is 0 Å². The quantitative estimate of drug-likeness (QED) is 0.183. The van der Waals surface area contributed by atoms with Crippen LogP contribution in [0.4, 0.5) is 17.1 Å². The van der Waals surface area contributed by atoms with Crippen LogP contribution in [0, 0.1) is 0 Å². The Kier molecular flexibility index (Phi) is 6.58. The Morgan fingerprint density at radius 1 is 0.367 bits per heavy atom. The van der Waals surface area contributed by atoms with Crippen molar-refractivity contribution in [2.24, 2.45) is 0 Å². The van der Waals surface area contributed by atoms with Crippen molar-refractivity contribution in [1.82, 2.24) is 0 Å². The molecule has 7 aromatic rings. The topological polar surface area (TPSA) is 3.24 Å². The van der Waals surface area contributed by atoms with Gasteiger partial charge in [0.15, 0.2) is 0 Å². The first-order chi connectivity index (χ1) is 23.9. The van der Waals surface area contributed by atoms with Crippen LogP contribution in [-0.2, 0) is 10.8 Å². The highest BCUT2D eigenvalue weighted by Crippen LogP contribution is 2.63. The van der Waals surface area contributed by atoms with E-state index in [-0.39, 0.29) is 10.8 Å². The van der Waals surface area contributed by atoms with Crippen LogP contribution < -0.4 is 4.90 Å². The first-order valence-electron chi connectivity index (χ1n) is 17.4. The van der Waals surface area contributed by atoms with Gasteiger partial charge in [-0.2, -0.15) is 0 Å². The molecule has 236 valence electrons. The summed E-state index contributed by atoms with van der Waals surface area (Å²) in [5, 5.41) is 0. The normalized spacial score (nSPS) is 14.4. The lowest BCUT2D eigenvalue weighted by Gasteiger charge is -2.38. The van der Waals surface area contributed by atoms with Crippen molar-refractivity contribution in [1.29, 1.82) is 0 Å². The molecule has 0 amide bonds. The average Bonchev–Trinajstić information content (AvgIpc) is 3.52. The second-order valence-corrected chi connectivity index (χ2v) is 14.5. The highest BCUT2D eigenvalue weighted by molar-refractivity contribution is 6.01. The van der Waals surface area contributed by atoms with Crippen molar-refractivity contribution in [3.05, 3.63) is 186 Å². The van der Waals surface area contributed by atoms with Crippen molar-refractivity contribution in [3.63, 3.8) is 0 Å². The molecule has 0 spiro atoms. The van der Waals surface area contributed by atoms with Crippen LogP contribution in [0.25, 0.3) is 44.5 Å². The minimum atomic E-state index is -0.217. The van der Waals surface area contributed by atoms with E-state index in [1.54, 1.807) is 0 Å². The molecule has 2 aliphatic carbocycles. The molecule has 0 N–H and O–H groups in total. The number of nitrogens with zero attached hydrogens (tertiary/aromatic N) is 1. The summed E-state index contributed by atoms with van der Waals surface area (Å²) in [4.78, 5) is 2.59. The Morgan fingerprint density at radius 3 is 1.35 bits per heavy atom. The maximum Gasteiger partial charge on any atom is 0.0556 e. The lowest BCUT2D eigenvalue weighted by molar-refractivity contribution is 0.640. The zero-order chi connectivity index (χ0) is 33.3. The van der Waals surface area contributed by atoms with Crippen LogP contribution >= 0.6 is 0 Å². The van der Waals surface area contributed by atoms with E-state index in [4.69, 9.17) is 0 Å². The molecule has 7 aromatic carbocycles. The molecule has 0 fully saturated rings. The molecular weight excluding hydrogens is 591 g/mol. The molecule has 0 saturated heterocycles. The van der Waals surface area contributed by atoms with Crippen LogP contribution in [0.2, 0.25) is 0 Å². The minimum Gasteiger partial charge on any atom is -0.309 e. The summed E-state index contributed by atoms with van der Waals surface area (Å²) >= 11 is 0. The van der Waals surface area contributed by atoms with Crippen molar-refractivity contribution in [3.8, 4) is 44.5 Å². The summed E-state index contributed by atoms with van der Waals surface area (Å²) in [6.07, 6.45) is 0. The smallest absolute Gasteiger partial charge is 0.0556 e. The number of benzene rings is 7. The number of para-hydroxylation sites is 1. The fourth-order valence-corrected chi connectivity index (χ4v) is 8.73. The summed E-state index contributed by atoms with van der Waals surface area (Å²) < 4.78 is 0. The second-order valence-electron chi connectivity index (χ2n) is 14.5. The summed E-state index contributed by atoms with van der Waals surface area (Å²) in [6.45, 7) is 9.68. The molecule has 9 rings (SSSR count). The van der Waals surface area contributed by atoms with Crippen LogP contribution in [0.5, 0.6) is 0 Å². The van der Waals surface area contributed by atoms with Crippen molar-refractivity contribution in [2.45, 2.75) is 38.5 Å². The van der Waals surface area contributed by atoms with Crippen molar-refractivity contribution < 1.29 is 0 Å². The minimum absolute atomic E-state index is 0.217. The van der Waals surface area contributed by atoms with Gasteiger partial charge in [0.05, 0.1) is 11.4 Å². The molecule has 0 atom stereocenters. The number of hydrogen-bond donors (Lipinski definition) is 0. The third-order valence-electron chi connectivity index (χ3n) is 11.0. The molecule has 0 aromatic heterocycles.